The lowest BCUT2D eigenvalue weighted by Crippen LogP contribution is -2.42. The molecule has 2 rings (SSSR count). The summed E-state index contributed by atoms with van der Waals surface area (Å²) in [5.41, 5.74) is 1.16. The molecule has 1 aromatic carbocycles. The number of benzene rings is 1. The fourth-order valence-electron chi connectivity index (χ4n) is 3.04. The van der Waals surface area contributed by atoms with Crippen LogP contribution in [0.3, 0.4) is 0 Å². The van der Waals surface area contributed by atoms with Crippen molar-refractivity contribution in [2.75, 3.05) is 6.54 Å². The van der Waals surface area contributed by atoms with E-state index >= 15 is 0 Å². The average Bonchev–Trinajstić information content (AvgIpc) is 2.70. The summed E-state index contributed by atoms with van der Waals surface area (Å²) < 4.78 is 13.0. The lowest BCUT2D eigenvalue weighted by Gasteiger charge is -2.26. The molecular weight excluding hydrogens is 266 g/mol. The molecule has 0 heterocycles. The number of rotatable bonds is 5. The Labute approximate surface area is 125 Å². The standard InChI is InChI=1S/C17H27NOS/c1-3-13-18-15-10-5-4-6-12-17(15)20(19)16-11-8-7-9-14(16)2/h7-9,11,15,17-18H,3-6,10,12-13H2,1-2H3. The first-order valence-corrected chi connectivity index (χ1v) is 9.15. The van der Waals surface area contributed by atoms with Crippen molar-refractivity contribution in [3.05, 3.63) is 29.8 Å². The zero-order valence-electron chi connectivity index (χ0n) is 12.7. The SMILES string of the molecule is CCCNC1CCCCCC1S(=O)c1ccccc1C. The molecule has 3 atom stereocenters. The van der Waals surface area contributed by atoms with Crippen LogP contribution in [0.15, 0.2) is 29.2 Å². The molecule has 0 saturated heterocycles. The van der Waals surface area contributed by atoms with Crippen LogP contribution in [-0.4, -0.2) is 22.0 Å². The molecule has 20 heavy (non-hydrogen) atoms. The van der Waals surface area contributed by atoms with Gasteiger partial charge in [-0.2, -0.15) is 0 Å². The number of hydrogen-bond acceptors (Lipinski definition) is 2. The molecule has 3 unspecified atom stereocenters. The van der Waals surface area contributed by atoms with E-state index in [1.54, 1.807) is 0 Å². The Kier molecular flexibility index (Phi) is 6.24. The van der Waals surface area contributed by atoms with Gasteiger partial charge in [-0.15, -0.1) is 0 Å². The van der Waals surface area contributed by atoms with Crippen LogP contribution >= 0.6 is 0 Å². The molecule has 1 aromatic rings. The van der Waals surface area contributed by atoms with Crippen molar-refractivity contribution < 1.29 is 4.21 Å². The summed E-state index contributed by atoms with van der Waals surface area (Å²) >= 11 is 0. The highest BCUT2D eigenvalue weighted by Gasteiger charge is 2.29. The molecule has 1 saturated carbocycles. The van der Waals surface area contributed by atoms with Crippen LogP contribution in [0.5, 0.6) is 0 Å². The topological polar surface area (TPSA) is 29.1 Å². The molecule has 0 spiro atoms. The van der Waals surface area contributed by atoms with E-state index in [0.717, 1.165) is 29.8 Å². The van der Waals surface area contributed by atoms with Crippen LogP contribution in [0.25, 0.3) is 0 Å². The van der Waals surface area contributed by atoms with Gasteiger partial charge in [0, 0.05) is 10.9 Å². The van der Waals surface area contributed by atoms with Gasteiger partial charge >= 0.3 is 0 Å². The highest BCUT2D eigenvalue weighted by Crippen LogP contribution is 2.27. The summed E-state index contributed by atoms with van der Waals surface area (Å²) in [6, 6.07) is 8.55. The number of hydrogen-bond donors (Lipinski definition) is 1. The van der Waals surface area contributed by atoms with Crippen LogP contribution < -0.4 is 5.32 Å². The predicted octanol–water partition coefficient (Wildman–Crippen LogP) is 3.80. The maximum absolute atomic E-state index is 13.0. The van der Waals surface area contributed by atoms with Crippen molar-refractivity contribution >= 4 is 10.8 Å². The maximum Gasteiger partial charge on any atom is 0.0579 e. The molecule has 0 aromatic heterocycles. The first-order valence-electron chi connectivity index (χ1n) is 7.93. The minimum atomic E-state index is -0.889. The second-order valence-corrected chi connectivity index (χ2v) is 7.44. The van der Waals surface area contributed by atoms with Gasteiger partial charge in [0.15, 0.2) is 0 Å². The van der Waals surface area contributed by atoms with Crippen molar-refractivity contribution in [3.63, 3.8) is 0 Å². The van der Waals surface area contributed by atoms with E-state index in [2.05, 4.69) is 25.2 Å². The van der Waals surface area contributed by atoms with Crippen LogP contribution in [0.4, 0.5) is 0 Å². The smallest absolute Gasteiger partial charge is 0.0579 e. The summed E-state index contributed by atoms with van der Waals surface area (Å²) in [6.45, 7) is 5.29. The Hall–Kier alpha value is -0.670. The molecule has 1 aliphatic carbocycles. The summed E-state index contributed by atoms with van der Waals surface area (Å²) in [7, 11) is -0.889. The third kappa shape index (κ3) is 3.92. The first-order chi connectivity index (χ1) is 9.74. The molecule has 1 N–H and O–H groups in total. The minimum absolute atomic E-state index is 0.269. The summed E-state index contributed by atoms with van der Waals surface area (Å²) in [5, 5.41) is 3.91. The fraction of sp³-hybridized carbons (Fsp3) is 0.647. The Bertz CT molecular complexity index is 446. The molecule has 1 aliphatic rings. The van der Waals surface area contributed by atoms with Crippen LogP contribution in [0.2, 0.25) is 0 Å². The van der Waals surface area contributed by atoms with Gasteiger partial charge in [0.05, 0.1) is 16.0 Å². The van der Waals surface area contributed by atoms with E-state index in [1.165, 1.54) is 25.7 Å². The normalized spacial score (nSPS) is 25.1. The molecule has 0 radical (unpaired) electrons. The van der Waals surface area contributed by atoms with Gasteiger partial charge in [-0.05, 0) is 44.4 Å². The maximum atomic E-state index is 13.0. The Balaban J connectivity index is 2.17. The summed E-state index contributed by atoms with van der Waals surface area (Å²) in [6.07, 6.45) is 7.16. The third-order valence-electron chi connectivity index (χ3n) is 4.19. The van der Waals surface area contributed by atoms with E-state index in [-0.39, 0.29) is 5.25 Å². The van der Waals surface area contributed by atoms with Gasteiger partial charge in [0.1, 0.15) is 0 Å². The van der Waals surface area contributed by atoms with E-state index < -0.39 is 10.8 Å². The van der Waals surface area contributed by atoms with Crippen molar-refractivity contribution in [2.45, 2.75) is 68.6 Å². The molecular formula is C17H27NOS. The number of nitrogens with one attached hydrogen (secondary N) is 1. The lowest BCUT2D eigenvalue weighted by molar-refractivity contribution is 0.462. The molecule has 1 fully saturated rings. The van der Waals surface area contributed by atoms with Crippen molar-refractivity contribution in [1.29, 1.82) is 0 Å². The molecule has 0 aliphatic heterocycles. The van der Waals surface area contributed by atoms with Crippen LogP contribution in [0.1, 0.15) is 51.0 Å². The Morgan fingerprint density at radius 2 is 1.95 bits per heavy atom. The largest absolute Gasteiger partial charge is 0.313 e. The van der Waals surface area contributed by atoms with Crippen molar-refractivity contribution in [3.8, 4) is 0 Å². The highest BCUT2D eigenvalue weighted by molar-refractivity contribution is 7.85. The van der Waals surface area contributed by atoms with Gasteiger partial charge in [-0.3, -0.25) is 4.21 Å². The quantitative estimate of drug-likeness (QED) is 0.837. The minimum Gasteiger partial charge on any atom is -0.313 e. The van der Waals surface area contributed by atoms with Gasteiger partial charge in [-0.1, -0.05) is 44.4 Å². The van der Waals surface area contributed by atoms with Gasteiger partial charge in [0.2, 0.25) is 0 Å². The van der Waals surface area contributed by atoms with Crippen molar-refractivity contribution in [1.82, 2.24) is 5.32 Å². The van der Waals surface area contributed by atoms with Crippen LogP contribution in [0, 0.1) is 6.92 Å². The second kappa shape index (κ2) is 7.94. The van der Waals surface area contributed by atoms with E-state index in [9.17, 15) is 4.21 Å². The lowest BCUT2D eigenvalue weighted by atomic mass is 10.1. The molecule has 2 nitrogen and oxygen atoms in total. The molecule has 3 heteroatoms. The predicted molar refractivity (Wildman–Crippen MR) is 86.5 cm³/mol. The third-order valence-corrected chi connectivity index (χ3v) is 6.20. The van der Waals surface area contributed by atoms with Crippen LogP contribution in [-0.2, 0) is 10.8 Å². The van der Waals surface area contributed by atoms with Gasteiger partial charge in [0.25, 0.3) is 0 Å². The number of aryl methyl sites for hydroxylation is 1. The summed E-state index contributed by atoms with van der Waals surface area (Å²) in [4.78, 5) is 1.03. The van der Waals surface area contributed by atoms with Gasteiger partial charge < -0.3 is 5.32 Å². The van der Waals surface area contributed by atoms with Crippen molar-refractivity contribution in [2.24, 2.45) is 0 Å². The van der Waals surface area contributed by atoms with E-state index in [0.29, 0.717) is 6.04 Å². The fourth-order valence-corrected chi connectivity index (χ4v) is 4.87. The first kappa shape index (κ1) is 15.7. The monoisotopic (exact) mass is 293 g/mol. The molecule has 0 amide bonds. The Morgan fingerprint density at radius 1 is 1.20 bits per heavy atom. The zero-order chi connectivity index (χ0) is 14.4. The highest BCUT2D eigenvalue weighted by atomic mass is 32.2. The molecule has 0 bridgehead atoms. The van der Waals surface area contributed by atoms with Gasteiger partial charge in [-0.25, -0.2) is 0 Å². The Morgan fingerprint density at radius 3 is 2.70 bits per heavy atom. The second-order valence-electron chi connectivity index (χ2n) is 5.80. The van der Waals surface area contributed by atoms with E-state index in [4.69, 9.17) is 0 Å². The zero-order valence-corrected chi connectivity index (χ0v) is 13.5. The molecule has 112 valence electrons. The average molecular weight is 293 g/mol. The summed E-state index contributed by atoms with van der Waals surface area (Å²) in [5.74, 6) is 0. The van der Waals surface area contributed by atoms with E-state index in [1.807, 2.05) is 18.2 Å².